The van der Waals surface area contributed by atoms with Crippen LogP contribution in [0.2, 0.25) is 0 Å². The Bertz CT molecular complexity index is 542. The highest BCUT2D eigenvalue weighted by Crippen LogP contribution is 2.21. The molecular formula is C18H28N3O2+. The number of hydrogen-bond donors (Lipinski definition) is 3. The molecule has 0 heterocycles. The molecule has 23 heavy (non-hydrogen) atoms. The van der Waals surface area contributed by atoms with Crippen LogP contribution in [-0.4, -0.2) is 23.9 Å². The van der Waals surface area contributed by atoms with Crippen LogP contribution < -0.4 is 16.0 Å². The zero-order valence-electron chi connectivity index (χ0n) is 14.3. The Morgan fingerprint density at radius 2 is 1.65 bits per heavy atom. The number of benzene rings is 1. The predicted molar refractivity (Wildman–Crippen MR) is 92.2 cm³/mol. The van der Waals surface area contributed by atoms with Gasteiger partial charge >= 0.3 is 0 Å². The summed E-state index contributed by atoms with van der Waals surface area (Å²) in [5.74, 6) is 0.595. The summed E-state index contributed by atoms with van der Waals surface area (Å²) in [6.45, 7) is 5.72. The van der Waals surface area contributed by atoms with Crippen molar-refractivity contribution in [3.05, 3.63) is 24.3 Å². The standard InChI is InChI=1S/C18H27N3O2/c1-12-6-4-5-7-17(12)19-13(2)18(23)21-16-10-8-15(9-11-16)20-14(3)22/h8-13,17,19H,4-7H2,1-3H3,(H,20,22)(H,21,23)/p+1/t12-,13-,17+/m0/s1. The summed E-state index contributed by atoms with van der Waals surface area (Å²) in [6, 6.07) is 7.63. The van der Waals surface area contributed by atoms with E-state index < -0.39 is 0 Å². The third-order valence-electron chi connectivity index (χ3n) is 4.60. The van der Waals surface area contributed by atoms with Gasteiger partial charge in [0.1, 0.15) is 0 Å². The summed E-state index contributed by atoms with van der Waals surface area (Å²) in [4.78, 5) is 23.3. The van der Waals surface area contributed by atoms with Gasteiger partial charge in [-0.25, -0.2) is 0 Å². The van der Waals surface area contributed by atoms with Crippen molar-refractivity contribution >= 4 is 23.2 Å². The van der Waals surface area contributed by atoms with Crippen molar-refractivity contribution in [1.29, 1.82) is 0 Å². The second-order valence-electron chi connectivity index (χ2n) is 6.65. The maximum Gasteiger partial charge on any atom is 0.282 e. The van der Waals surface area contributed by atoms with Crippen LogP contribution in [0.4, 0.5) is 11.4 Å². The number of quaternary nitrogens is 1. The van der Waals surface area contributed by atoms with E-state index >= 15 is 0 Å². The fourth-order valence-electron chi connectivity index (χ4n) is 3.19. The molecule has 0 aromatic heterocycles. The topological polar surface area (TPSA) is 74.8 Å². The van der Waals surface area contributed by atoms with E-state index in [-0.39, 0.29) is 17.9 Å². The molecule has 1 aliphatic rings. The molecule has 1 aromatic rings. The van der Waals surface area contributed by atoms with Crippen molar-refractivity contribution < 1.29 is 14.9 Å². The van der Waals surface area contributed by atoms with Gasteiger partial charge in [0.25, 0.3) is 5.91 Å². The van der Waals surface area contributed by atoms with Gasteiger partial charge in [-0.1, -0.05) is 13.3 Å². The molecule has 1 aromatic carbocycles. The molecule has 4 N–H and O–H groups in total. The lowest BCUT2D eigenvalue weighted by Crippen LogP contribution is -2.97. The third kappa shape index (κ3) is 5.36. The van der Waals surface area contributed by atoms with Crippen molar-refractivity contribution in [2.75, 3.05) is 10.6 Å². The maximum atomic E-state index is 12.3. The van der Waals surface area contributed by atoms with Gasteiger partial charge < -0.3 is 16.0 Å². The predicted octanol–water partition coefficient (Wildman–Crippen LogP) is 2.11. The molecular weight excluding hydrogens is 290 g/mol. The van der Waals surface area contributed by atoms with Crippen LogP contribution in [0.3, 0.4) is 0 Å². The summed E-state index contributed by atoms with van der Waals surface area (Å²) in [5, 5.41) is 7.87. The number of amides is 2. The highest BCUT2D eigenvalue weighted by molar-refractivity contribution is 5.94. The number of hydrogen-bond acceptors (Lipinski definition) is 2. The minimum atomic E-state index is -0.105. The quantitative estimate of drug-likeness (QED) is 0.778. The molecule has 3 atom stereocenters. The van der Waals surface area contributed by atoms with Gasteiger partial charge in [-0.05, 0) is 50.5 Å². The lowest BCUT2D eigenvalue weighted by molar-refractivity contribution is -0.714. The first-order valence-electron chi connectivity index (χ1n) is 8.49. The van der Waals surface area contributed by atoms with Gasteiger partial charge in [-0.2, -0.15) is 0 Å². The Morgan fingerprint density at radius 3 is 2.22 bits per heavy atom. The summed E-state index contributed by atoms with van der Waals surface area (Å²) >= 11 is 0. The molecule has 0 unspecified atom stereocenters. The van der Waals surface area contributed by atoms with Gasteiger partial charge in [0, 0.05) is 24.2 Å². The molecule has 1 saturated carbocycles. The fourth-order valence-corrected chi connectivity index (χ4v) is 3.19. The summed E-state index contributed by atoms with van der Waals surface area (Å²) in [7, 11) is 0. The molecule has 5 nitrogen and oxygen atoms in total. The van der Waals surface area contributed by atoms with Gasteiger partial charge in [0.2, 0.25) is 5.91 Å². The monoisotopic (exact) mass is 318 g/mol. The molecule has 2 amide bonds. The Kier molecular flexibility index (Phi) is 6.16. The highest BCUT2D eigenvalue weighted by Gasteiger charge is 2.28. The van der Waals surface area contributed by atoms with Crippen LogP contribution in [0.5, 0.6) is 0 Å². The van der Waals surface area contributed by atoms with E-state index in [1.165, 1.54) is 32.6 Å². The average molecular weight is 318 g/mol. The number of rotatable bonds is 5. The number of anilines is 2. The Balaban J connectivity index is 1.86. The Labute approximate surface area is 138 Å². The average Bonchev–Trinajstić information content (AvgIpc) is 2.51. The smallest absolute Gasteiger partial charge is 0.282 e. The van der Waals surface area contributed by atoms with Crippen molar-refractivity contribution in [3.63, 3.8) is 0 Å². The molecule has 0 spiro atoms. The molecule has 126 valence electrons. The zero-order valence-corrected chi connectivity index (χ0v) is 14.3. The van der Waals surface area contributed by atoms with Gasteiger partial charge in [-0.15, -0.1) is 0 Å². The van der Waals surface area contributed by atoms with Crippen LogP contribution >= 0.6 is 0 Å². The van der Waals surface area contributed by atoms with Crippen LogP contribution in [0.25, 0.3) is 0 Å². The van der Waals surface area contributed by atoms with Crippen LogP contribution in [0.1, 0.15) is 46.5 Å². The molecule has 0 bridgehead atoms. The normalized spacial score (nSPS) is 22.2. The van der Waals surface area contributed by atoms with E-state index in [2.05, 4.69) is 22.9 Å². The minimum absolute atomic E-state index is 0.0232. The van der Waals surface area contributed by atoms with Gasteiger partial charge in [-0.3, -0.25) is 9.59 Å². The Hall–Kier alpha value is -1.88. The summed E-state index contributed by atoms with van der Waals surface area (Å²) in [6.07, 6.45) is 5.04. The number of carbonyl (C=O) groups excluding carboxylic acids is 2. The van der Waals surface area contributed by atoms with Crippen molar-refractivity contribution in [2.24, 2.45) is 5.92 Å². The molecule has 0 aliphatic heterocycles. The molecule has 1 aliphatic carbocycles. The molecule has 2 rings (SSSR count). The van der Waals surface area contributed by atoms with E-state index in [1.807, 2.05) is 6.92 Å². The van der Waals surface area contributed by atoms with E-state index in [0.29, 0.717) is 12.0 Å². The number of nitrogens with two attached hydrogens (primary N) is 1. The van der Waals surface area contributed by atoms with Gasteiger partial charge in [0.15, 0.2) is 6.04 Å². The molecule has 1 fully saturated rings. The van der Waals surface area contributed by atoms with Crippen LogP contribution in [0.15, 0.2) is 24.3 Å². The molecule has 0 radical (unpaired) electrons. The lowest BCUT2D eigenvalue weighted by atomic mass is 9.85. The molecule has 0 saturated heterocycles. The SMILES string of the molecule is CC(=O)Nc1ccc(NC(=O)[C@H](C)[NH2+][C@@H]2CCCC[C@@H]2C)cc1. The van der Waals surface area contributed by atoms with E-state index in [4.69, 9.17) is 0 Å². The minimum Gasteiger partial charge on any atom is -0.334 e. The van der Waals surface area contributed by atoms with Crippen LogP contribution in [-0.2, 0) is 9.59 Å². The van der Waals surface area contributed by atoms with Crippen molar-refractivity contribution in [3.8, 4) is 0 Å². The first-order chi connectivity index (χ1) is 11.0. The van der Waals surface area contributed by atoms with E-state index in [9.17, 15) is 9.59 Å². The van der Waals surface area contributed by atoms with Crippen LogP contribution in [0, 0.1) is 5.92 Å². The Morgan fingerprint density at radius 1 is 1.09 bits per heavy atom. The second-order valence-corrected chi connectivity index (χ2v) is 6.65. The van der Waals surface area contributed by atoms with E-state index in [0.717, 1.165) is 11.4 Å². The first kappa shape index (κ1) is 17.5. The zero-order chi connectivity index (χ0) is 16.8. The summed E-state index contributed by atoms with van der Waals surface area (Å²) in [5.41, 5.74) is 1.48. The van der Waals surface area contributed by atoms with Crippen molar-refractivity contribution in [1.82, 2.24) is 0 Å². The van der Waals surface area contributed by atoms with Gasteiger partial charge in [0.05, 0.1) is 6.04 Å². The number of nitrogens with one attached hydrogen (secondary N) is 2. The van der Waals surface area contributed by atoms with Crippen molar-refractivity contribution in [2.45, 2.75) is 58.5 Å². The summed E-state index contributed by atoms with van der Waals surface area (Å²) < 4.78 is 0. The number of carbonyl (C=O) groups is 2. The maximum absolute atomic E-state index is 12.3. The third-order valence-corrected chi connectivity index (χ3v) is 4.60. The highest BCUT2D eigenvalue weighted by atomic mass is 16.2. The first-order valence-corrected chi connectivity index (χ1v) is 8.49. The second kappa shape index (κ2) is 8.11. The fraction of sp³-hybridized carbons (Fsp3) is 0.556. The lowest BCUT2D eigenvalue weighted by Gasteiger charge is -2.28. The van der Waals surface area contributed by atoms with E-state index in [1.54, 1.807) is 24.3 Å². The molecule has 5 heteroatoms. The largest absolute Gasteiger partial charge is 0.334 e.